The Balaban J connectivity index is 1.15. The van der Waals surface area contributed by atoms with Gasteiger partial charge in [-0.25, -0.2) is 0 Å². The predicted molar refractivity (Wildman–Crippen MR) is 191 cm³/mol. The Morgan fingerprint density at radius 1 is 1.00 bits per heavy atom. The minimum Gasteiger partial charge on any atom is -0.508 e. The maximum atomic E-state index is 12.2. The van der Waals surface area contributed by atoms with Crippen LogP contribution in [0.15, 0.2) is 79.4 Å². The summed E-state index contributed by atoms with van der Waals surface area (Å²) in [5.41, 5.74) is 4.75. The highest BCUT2D eigenvalue weighted by Crippen LogP contribution is 2.65. The maximum Gasteiger partial charge on any atom is 0.308 e. The lowest BCUT2D eigenvalue weighted by atomic mass is 9.50. The van der Waals surface area contributed by atoms with E-state index < -0.39 is 0 Å². The van der Waals surface area contributed by atoms with Crippen molar-refractivity contribution >= 4 is 5.97 Å². The van der Waals surface area contributed by atoms with Gasteiger partial charge in [0, 0.05) is 48.2 Å². The highest BCUT2D eigenvalue weighted by atomic mass is 16.6. The SMILES string of the molecule is C=CCN1CC[C@]23c4c5c(O)cc(OC(C)=O)c4O[C@H]2[C@H](N(CCCCCCc2ccccc2)CCCc2ccccc2)CC[C@H]3[C@H]1C5. The molecule has 0 radical (unpaired) electrons. The summed E-state index contributed by atoms with van der Waals surface area (Å²) in [4.78, 5) is 17.6. The van der Waals surface area contributed by atoms with Crippen LogP contribution in [0.3, 0.4) is 0 Å². The van der Waals surface area contributed by atoms with Gasteiger partial charge in [0.05, 0.1) is 0 Å². The lowest BCUT2D eigenvalue weighted by Gasteiger charge is -2.60. The van der Waals surface area contributed by atoms with E-state index >= 15 is 0 Å². The molecule has 2 bridgehead atoms. The molecule has 3 aromatic rings. The minimum atomic E-state index is -0.390. The molecule has 2 heterocycles. The van der Waals surface area contributed by atoms with Gasteiger partial charge in [-0.15, -0.1) is 6.58 Å². The Labute approximate surface area is 286 Å². The number of ether oxygens (including phenoxy) is 2. The molecule has 254 valence electrons. The van der Waals surface area contributed by atoms with Crippen molar-refractivity contribution in [1.82, 2.24) is 9.80 Å². The van der Waals surface area contributed by atoms with Crippen LogP contribution in [-0.2, 0) is 29.5 Å². The number of phenolic OH excluding ortho intramolecular Hbond substituents is 1. The number of aromatic hydroxyl groups is 1. The Hall–Kier alpha value is -3.61. The van der Waals surface area contributed by atoms with Crippen LogP contribution >= 0.6 is 0 Å². The summed E-state index contributed by atoms with van der Waals surface area (Å²) in [7, 11) is 0. The molecule has 0 unspecified atom stereocenters. The standard InChI is InChI=1S/C42H52N2O4/c1-3-24-43-27-23-42-34-21-22-35(41(42)48-40-38(47-30(2)45)29-37(46)33(39(40)42)28-36(34)43)44(26-14-20-32-18-11-7-12-19-32)25-13-5-4-8-15-31-16-9-6-10-17-31/h3,6-7,9-12,16-19,29,34-36,41,46H,1,4-5,8,13-15,20-28H2,2H3/t34-,35+,36+,41-,42-/m0/s1. The van der Waals surface area contributed by atoms with Crippen molar-refractivity contribution < 1.29 is 19.4 Å². The van der Waals surface area contributed by atoms with Crippen molar-refractivity contribution in [3.05, 3.63) is 102 Å². The second kappa shape index (κ2) is 14.5. The number of phenols is 1. The van der Waals surface area contributed by atoms with Crippen molar-refractivity contribution in [2.75, 3.05) is 26.2 Å². The molecule has 6 nitrogen and oxygen atoms in total. The zero-order chi connectivity index (χ0) is 33.1. The highest BCUT2D eigenvalue weighted by Gasteiger charge is 2.66. The van der Waals surface area contributed by atoms with Crippen molar-refractivity contribution in [3.63, 3.8) is 0 Å². The number of esters is 1. The van der Waals surface area contributed by atoms with Crippen LogP contribution in [0.4, 0.5) is 0 Å². The van der Waals surface area contributed by atoms with Crippen LogP contribution < -0.4 is 9.47 Å². The smallest absolute Gasteiger partial charge is 0.308 e. The molecule has 1 N–H and O–H groups in total. The van der Waals surface area contributed by atoms with Gasteiger partial charge in [0.2, 0.25) is 0 Å². The first kappa shape index (κ1) is 32.9. The molecule has 5 atom stereocenters. The molecule has 3 aromatic carbocycles. The summed E-state index contributed by atoms with van der Waals surface area (Å²) in [5, 5.41) is 11.4. The molecule has 48 heavy (non-hydrogen) atoms. The second-order valence-corrected chi connectivity index (χ2v) is 14.6. The molecule has 6 heteroatoms. The second-order valence-electron chi connectivity index (χ2n) is 14.6. The number of nitrogens with zero attached hydrogens (tertiary/aromatic N) is 2. The van der Waals surface area contributed by atoms with Crippen molar-refractivity contribution in [2.45, 2.75) is 101 Å². The molecule has 0 amide bonds. The van der Waals surface area contributed by atoms with E-state index in [4.69, 9.17) is 9.47 Å². The predicted octanol–water partition coefficient (Wildman–Crippen LogP) is 7.65. The Bertz CT molecular complexity index is 1580. The summed E-state index contributed by atoms with van der Waals surface area (Å²) in [6, 6.07) is 23.9. The monoisotopic (exact) mass is 648 g/mol. The number of benzene rings is 3. The van der Waals surface area contributed by atoms with Crippen LogP contribution in [0.2, 0.25) is 0 Å². The van der Waals surface area contributed by atoms with E-state index in [0.717, 1.165) is 82.3 Å². The molecule has 2 aliphatic carbocycles. The molecular formula is C42H52N2O4. The third kappa shape index (κ3) is 6.30. The molecule has 1 saturated carbocycles. The molecule has 1 spiro atoms. The van der Waals surface area contributed by atoms with Gasteiger partial charge in [-0.05, 0) is 94.5 Å². The lowest BCUT2D eigenvalue weighted by Crippen LogP contribution is -2.68. The number of hydrogen-bond donors (Lipinski definition) is 1. The first-order valence-corrected chi connectivity index (χ1v) is 18.4. The van der Waals surface area contributed by atoms with Crippen LogP contribution in [-0.4, -0.2) is 65.2 Å². The van der Waals surface area contributed by atoms with E-state index in [1.807, 2.05) is 6.08 Å². The van der Waals surface area contributed by atoms with Gasteiger partial charge in [-0.3, -0.25) is 14.6 Å². The van der Waals surface area contributed by atoms with Crippen molar-refractivity contribution in [1.29, 1.82) is 0 Å². The number of likely N-dealkylation sites (tertiary alicyclic amines) is 1. The lowest BCUT2D eigenvalue weighted by molar-refractivity contribution is -0.132. The number of aryl methyl sites for hydroxylation is 2. The summed E-state index contributed by atoms with van der Waals surface area (Å²) in [6.45, 7) is 9.41. The van der Waals surface area contributed by atoms with Gasteiger partial charge in [0.1, 0.15) is 11.9 Å². The molecule has 4 aliphatic rings. The molecule has 7 rings (SSSR count). The van der Waals surface area contributed by atoms with Crippen molar-refractivity contribution in [2.24, 2.45) is 5.92 Å². The van der Waals surface area contributed by atoms with Crippen LogP contribution in [0, 0.1) is 5.92 Å². The summed E-state index contributed by atoms with van der Waals surface area (Å²) in [6.07, 6.45) is 14.1. The summed E-state index contributed by atoms with van der Waals surface area (Å²) < 4.78 is 12.9. The van der Waals surface area contributed by atoms with E-state index in [0.29, 0.717) is 23.5 Å². The third-order valence-corrected chi connectivity index (χ3v) is 11.8. The molecule has 0 aromatic heterocycles. The molecular weight excluding hydrogens is 596 g/mol. The average Bonchev–Trinajstić information content (AvgIpc) is 3.43. The van der Waals surface area contributed by atoms with E-state index in [9.17, 15) is 9.90 Å². The zero-order valence-corrected chi connectivity index (χ0v) is 28.6. The first-order chi connectivity index (χ1) is 23.5. The molecule has 2 fully saturated rings. The number of carbonyl (C=O) groups is 1. The maximum absolute atomic E-state index is 12.2. The first-order valence-electron chi connectivity index (χ1n) is 18.4. The van der Waals surface area contributed by atoms with Gasteiger partial charge in [0.25, 0.3) is 0 Å². The normalized spacial score (nSPS) is 25.4. The fourth-order valence-electron chi connectivity index (χ4n) is 9.86. The number of unbranched alkanes of at least 4 members (excludes halogenated alkanes) is 3. The van der Waals surface area contributed by atoms with Crippen LogP contribution in [0.25, 0.3) is 0 Å². The van der Waals surface area contributed by atoms with Crippen molar-refractivity contribution in [3.8, 4) is 17.2 Å². The molecule has 2 aliphatic heterocycles. The number of rotatable bonds is 15. The Morgan fingerprint density at radius 3 is 2.40 bits per heavy atom. The number of piperidine rings is 1. The van der Waals surface area contributed by atoms with Gasteiger partial charge in [-0.1, -0.05) is 79.6 Å². The van der Waals surface area contributed by atoms with E-state index in [2.05, 4.69) is 77.0 Å². The van der Waals surface area contributed by atoms with Gasteiger partial charge in [-0.2, -0.15) is 0 Å². The Morgan fingerprint density at radius 2 is 1.69 bits per heavy atom. The zero-order valence-electron chi connectivity index (χ0n) is 28.6. The Kier molecular flexibility index (Phi) is 9.93. The minimum absolute atomic E-state index is 0.0374. The topological polar surface area (TPSA) is 62.2 Å². The summed E-state index contributed by atoms with van der Waals surface area (Å²) in [5.74, 6) is 1.35. The van der Waals surface area contributed by atoms with Gasteiger partial charge >= 0.3 is 5.97 Å². The molecule has 1 saturated heterocycles. The number of carbonyl (C=O) groups excluding carboxylic acids is 1. The quantitative estimate of drug-likeness (QED) is 0.0791. The van der Waals surface area contributed by atoms with E-state index in [-0.39, 0.29) is 29.3 Å². The fraction of sp³-hybridized carbons (Fsp3) is 0.500. The van der Waals surface area contributed by atoms with Gasteiger partial charge < -0.3 is 14.6 Å². The highest BCUT2D eigenvalue weighted by molar-refractivity contribution is 5.73. The van der Waals surface area contributed by atoms with E-state index in [1.165, 1.54) is 43.7 Å². The van der Waals surface area contributed by atoms with Crippen LogP contribution in [0.1, 0.15) is 80.5 Å². The van der Waals surface area contributed by atoms with Gasteiger partial charge in [0.15, 0.2) is 11.5 Å². The van der Waals surface area contributed by atoms with E-state index in [1.54, 1.807) is 6.07 Å². The largest absolute Gasteiger partial charge is 0.508 e. The third-order valence-electron chi connectivity index (χ3n) is 11.8. The summed E-state index contributed by atoms with van der Waals surface area (Å²) >= 11 is 0. The van der Waals surface area contributed by atoms with Crippen LogP contribution in [0.5, 0.6) is 17.2 Å². The fourth-order valence-corrected chi connectivity index (χ4v) is 9.86. The average molecular weight is 649 g/mol. The number of hydrogen-bond acceptors (Lipinski definition) is 6.